The van der Waals surface area contributed by atoms with Gasteiger partial charge in [-0.3, -0.25) is 4.18 Å². The molecule has 0 aliphatic heterocycles. The third-order valence-corrected chi connectivity index (χ3v) is 3.85. The number of hydrogen-bond acceptors (Lipinski definition) is 7. The minimum Gasteiger partial charge on any atom is -0.491 e. The number of benzene rings is 1. The summed E-state index contributed by atoms with van der Waals surface area (Å²) in [5.41, 5.74) is 0. The Labute approximate surface area is 142 Å². The highest BCUT2D eigenvalue weighted by Crippen LogP contribution is 2.28. The van der Waals surface area contributed by atoms with Gasteiger partial charge in [0.2, 0.25) is 0 Å². The monoisotopic (exact) mass is 360 g/mol. The van der Waals surface area contributed by atoms with Crippen molar-refractivity contribution in [3.05, 3.63) is 24.3 Å². The molecule has 1 N–H and O–H groups in total. The molecule has 0 bridgehead atoms. The maximum atomic E-state index is 10.8. The predicted molar refractivity (Wildman–Crippen MR) is 87.8 cm³/mol. The summed E-state index contributed by atoms with van der Waals surface area (Å²) in [6, 6.07) is 6.94. The highest BCUT2D eigenvalue weighted by Gasteiger charge is 2.20. The van der Waals surface area contributed by atoms with E-state index >= 15 is 0 Å². The molecular formula is C16H24O7S. The highest BCUT2D eigenvalue weighted by molar-refractivity contribution is 7.85. The second-order valence-electron chi connectivity index (χ2n) is 5.79. The fourth-order valence-electron chi connectivity index (χ4n) is 1.83. The summed E-state index contributed by atoms with van der Waals surface area (Å²) in [6.45, 7) is 1.49. The molecule has 0 amide bonds. The Morgan fingerprint density at radius 3 is 2.29 bits per heavy atom. The van der Waals surface area contributed by atoms with Crippen LogP contribution in [-0.4, -0.2) is 58.9 Å². The topological polar surface area (TPSA) is 91.3 Å². The van der Waals surface area contributed by atoms with Gasteiger partial charge in [-0.05, 0) is 43.0 Å². The molecule has 7 nitrogen and oxygen atoms in total. The zero-order valence-electron chi connectivity index (χ0n) is 13.7. The molecule has 0 aromatic heterocycles. The predicted octanol–water partition coefficient (Wildman–Crippen LogP) is 1.21. The minimum absolute atomic E-state index is 0.0648. The second-order valence-corrected chi connectivity index (χ2v) is 7.44. The first-order chi connectivity index (χ1) is 11.4. The molecule has 1 aliphatic rings. The fourth-order valence-corrected chi connectivity index (χ4v) is 2.23. The molecule has 1 aliphatic carbocycles. The molecule has 1 fully saturated rings. The SMILES string of the molecule is CS(=O)(=O)OCC(O)COc1ccc(OCCOCC2CC2)cc1. The van der Waals surface area contributed by atoms with Crippen LogP contribution in [0, 0.1) is 5.92 Å². The standard InChI is InChI=1S/C16H24O7S/c1-24(18,19)23-12-14(17)11-22-16-6-4-15(5-7-16)21-9-8-20-10-13-2-3-13/h4-7,13-14,17H,2-3,8-12H2,1H3. The summed E-state index contributed by atoms with van der Waals surface area (Å²) in [7, 11) is -3.56. The van der Waals surface area contributed by atoms with Gasteiger partial charge in [-0.1, -0.05) is 0 Å². The lowest BCUT2D eigenvalue weighted by Crippen LogP contribution is -2.24. The normalized spacial score (nSPS) is 15.9. The Morgan fingerprint density at radius 1 is 1.08 bits per heavy atom. The lowest BCUT2D eigenvalue weighted by Gasteiger charge is -2.12. The van der Waals surface area contributed by atoms with Crippen molar-refractivity contribution in [3.63, 3.8) is 0 Å². The Morgan fingerprint density at radius 2 is 1.71 bits per heavy atom. The first kappa shape index (κ1) is 19.0. The molecule has 1 unspecified atom stereocenters. The van der Waals surface area contributed by atoms with Crippen LogP contribution in [-0.2, 0) is 19.0 Å². The van der Waals surface area contributed by atoms with Gasteiger partial charge in [-0.2, -0.15) is 8.42 Å². The van der Waals surface area contributed by atoms with Crippen LogP contribution >= 0.6 is 0 Å². The Kier molecular flexibility index (Phi) is 7.29. The van der Waals surface area contributed by atoms with Crippen molar-refractivity contribution >= 4 is 10.1 Å². The van der Waals surface area contributed by atoms with Crippen molar-refractivity contribution < 1.29 is 31.9 Å². The lowest BCUT2D eigenvalue weighted by atomic mass is 10.3. The third-order valence-electron chi connectivity index (χ3n) is 3.29. The van der Waals surface area contributed by atoms with Crippen molar-refractivity contribution in [2.75, 3.05) is 39.3 Å². The van der Waals surface area contributed by atoms with E-state index in [1.807, 2.05) is 0 Å². The van der Waals surface area contributed by atoms with E-state index in [0.29, 0.717) is 24.7 Å². The molecule has 8 heteroatoms. The van der Waals surface area contributed by atoms with Gasteiger partial charge in [-0.15, -0.1) is 0 Å². The maximum absolute atomic E-state index is 10.8. The maximum Gasteiger partial charge on any atom is 0.264 e. The van der Waals surface area contributed by atoms with E-state index in [1.165, 1.54) is 12.8 Å². The fraction of sp³-hybridized carbons (Fsp3) is 0.625. The number of ether oxygens (including phenoxy) is 3. The molecular weight excluding hydrogens is 336 g/mol. The highest BCUT2D eigenvalue weighted by atomic mass is 32.2. The summed E-state index contributed by atoms with van der Waals surface area (Å²) >= 11 is 0. The van der Waals surface area contributed by atoms with Gasteiger partial charge in [-0.25, -0.2) is 0 Å². The van der Waals surface area contributed by atoms with Crippen LogP contribution < -0.4 is 9.47 Å². The Hall–Kier alpha value is -1.35. The Bertz CT molecular complexity index is 581. The molecule has 0 spiro atoms. The molecule has 24 heavy (non-hydrogen) atoms. The van der Waals surface area contributed by atoms with Gasteiger partial charge in [0.25, 0.3) is 10.1 Å². The average Bonchev–Trinajstić information content (AvgIpc) is 3.35. The van der Waals surface area contributed by atoms with Gasteiger partial charge < -0.3 is 19.3 Å². The Balaban J connectivity index is 1.60. The first-order valence-electron chi connectivity index (χ1n) is 7.88. The van der Waals surface area contributed by atoms with E-state index in [9.17, 15) is 13.5 Å². The number of aliphatic hydroxyl groups excluding tert-OH is 1. The zero-order valence-corrected chi connectivity index (χ0v) is 14.5. The second kappa shape index (κ2) is 9.22. The van der Waals surface area contributed by atoms with E-state index in [2.05, 4.69) is 4.18 Å². The van der Waals surface area contributed by atoms with Crippen LogP contribution in [0.1, 0.15) is 12.8 Å². The van der Waals surface area contributed by atoms with Crippen LogP contribution in [0.4, 0.5) is 0 Å². The van der Waals surface area contributed by atoms with Crippen LogP contribution in [0.3, 0.4) is 0 Å². The van der Waals surface area contributed by atoms with Crippen LogP contribution in [0.2, 0.25) is 0 Å². The zero-order chi connectivity index (χ0) is 17.4. The third kappa shape index (κ3) is 8.49. The van der Waals surface area contributed by atoms with Gasteiger partial charge >= 0.3 is 0 Å². The van der Waals surface area contributed by atoms with Gasteiger partial charge in [0.1, 0.15) is 30.8 Å². The van der Waals surface area contributed by atoms with E-state index in [0.717, 1.165) is 18.8 Å². The largest absolute Gasteiger partial charge is 0.491 e. The minimum atomic E-state index is -3.56. The molecule has 0 radical (unpaired) electrons. The van der Waals surface area contributed by atoms with E-state index in [4.69, 9.17) is 14.2 Å². The summed E-state index contributed by atoms with van der Waals surface area (Å²) in [5, 5.41) is 9.59. The van der Waals surface area contributed by atoms with Crippen molar-refractivity contribution in [2.24, 2.45) is 5.92 Å². The van der Waals surface area contributed by atoms with Gasteiger partial charge in [0.05, 0.1) is 19.5 Å². The lowest BCUT2D eigenvalue weighted by molar-refractivity contribution is 0.0651. The van der Waals surface area contributed by atoms with Crippen molar-refractivity contribution in [1.29, 1.82) is 0 Å². The van der Waals surface area contributed by atoms with E-state index in [1.54, 1.807) is 24.3 Å². The number of aliphatic hydroxyl groups is 1. The summed E-state index contributed by atoms with van der Waals surface area (Å²) in [4.78, 5) is 0. The van der Waals surface area contributed by atoms with Crippen LogP contribution in [0.15, 0.2) is 24.3 Å². The average molecular weight is 360 g/mol. The molecule has 136 valence electrons. The quantitative estimate of drug-likeness (QED) is 0.442. The summed E-state index contributed by atoms with van der Waals surface area (Å²) < 4.78 is 42.5. The summed E-state index contributed by atoms with van der Waals surface area (Å²) in [5.74, 6) is 2.00. The van der Waals surface area contributed by atoms with Crippen molar-refractivity contribution in [3.8, 4) is 11.5 Å². The number of rotatable bonds is 12. The summed E-state index contributed by atoms with van der Waals surface area (Å²) in [6.07, 6.45) is 2.45. The molecule has 0 heterocycles. The van der Waals surface area contributed by atoms with E-state index < -0.39 is 16.2 Å². The first-order valence-corrected chi connectivity index (χ1v) is 9.70. The molecule has 1 aromatic carbocycles. The van der Waals surface area contributed by atoms with Gasteiger partial charge in [0.15, 0.2) is 0 Å². The van der Waals surface area contributed by atoms with Crippen LogP contribution in [0.5, 0.6) is 11.5 Å². The molecule has 0 saturated heterocycles. The molecule has 1 atom stereocenters. The van der Waals surface area contributed by atoms with Gasteiger partial charge in [0, 0.05) is 6.61 Å². The molecule has 2 rings (SSSR count). The van der Waals surface area contributed by atoms with E-state index in [-0.39, 0.29) is 13.2 Å². The van der Waals surface area contributed by atoms with Crippen molar-refractivity contribution in [2.45, 2.75) is 18.9 Å². The molecule has 1 aromatic rings. The smallest absolute Gasteiger partial charge is 0.264 e. The van der Waals surface area contributed by atoms with Crippen molar-refractivity contribution in [1.82, 2.24) is 0 Å². The molecule has 1 saturated carbocycles. The van der Waals surface area contributed by atoms with Crippen LogP contribution in [0.25, 0.3) is 0 Å². The number of hydrogen-bond donors (Lipinski definition) is 1.